The van der Waals surface area contributed by atoms with E-state index in [1.165, 1.54) is 6.42 Å². The molecule has 1 spiro atoms. The van der Waals surface area contributed by atoms with Gasteiger partial charge in [-0.2, -0.15) is 11.3 Å². The maximum absolute atomic E-state index is 12.4. The van der Waals surface area contributed by atoms with Crippen LogP contribution in [0.2, 0.25) is 0 Å². The molecule has 1 N–H and O–H groups in total. The summed E-state index contributed by atoms with van der Waals surface area (Å²) in [6, 6.07) is 0. The van der Waals surface area contributed by atoms with Gasteiger partial charge in [0.2, 0.25) is 0 Å². The Kier molecular flexibility index (Phi) is 2.71. The topological polar surface area (TPSA) is 32.3 Å². The highest BCUT2D eigenvalue weighted by Gasteiger charge is 2.42. The molecule has 0 radical (unpaired) electrons. The van der Waals surface area contributed by atoms with Gasteiger partial charge in [0.05, 0.1) is 5.56 Å². The first kappa shape index (κ1) is 11.2. The summed E-state index contributed by atoms with van der Waals surface area (Å²) in [6.45, 7) is 6.08. The van der Waals surface area contributed by atoms with Crippen molar-refractivity contribution in [3.63, 3.8) is 0 Å². The minimum atomic E-state index is 0.229. The Balaban J connectivity index is 1.75. The molecule has 1 atom stereocenters. The molecule has 3 heterocycles. The van der Waals surface area contributed by atoms with Crippen molar-refractivity contribution in [2.24, 2.45) is 5.41 Å². The van der Waals surface area contributed by atoms with Gasteiger partial charge in [-0.05, 0) is 37.3 Å². The van der Waals surface area contributed by atoms with Gasteiger partial charge in [-0.15, -0.1) is 0 Å². The summed E-state index contributed by atoms with van der Waals surface area (Å²) in [5.41, 5.74) is 2.39. The lowest BCUT2D eigenvalue weighted by molar-refractivity contribution is 0.0775. The van der Waals surface area contributed by atoms with Gasteiger partial charge in [-0.1, -0.05) is 0 Å². The third kappa shape index (κ3) is 1.89. The second-order valence-electron chi connectivity index (χ2n) is 5.37. The summed E-state index contributed by atoms with van der Waals surface area (Å²) in [4.78, 5) is 14.4. The van der Waals surface area contributed by atoms with Gasteiger partial charge in [0.15, 0.2) is 0 Å². The Labute approximate surface area is 106 Å². The second-order valence-corrected chi connectivity index (χ2v) is 6.12. The number of hydrogen-bond donors (Lipinski definition) is 1. The quantitative estimate of drug-likeness (QED) is 0.825. The van der Waals surface area contributed by atoms with Crippen molar-refractivity contribution in [3.05, 3.63) is 21.9 Å². The highest BCUT2D eigenvalue weighted by atomic mass is 32.1. The lowest BCUT2D eigenvalue weighted by Gasteiger charge is -2.22. The van der Waals surface area contributed by atoms with Crippen LogP contribution in [0.3, 0.4) is 0 Å². The van der Waals surface area contributed by atoms with E-state index in [9.17, 15) is 4.79 Å². The van der Waals surface area contributed by atoms with Gasteiger partial charge in [0, 0.05) is 30.4 Å². The fourth-order valence-electron chi connectivity index (χ4n) is 3.00. The van der Waals surface area contributed by atoms with Gasteiger partial charge in [-0.25, -0.2) is 0 Å². The summed E-state index contributed by atoms with van der Waals surface area (Å²) in [5.74, 6) is 0.229. The average molecular weight is 250 g/mol. The average Bonchev–Trinajstić information content (AvgIpc) is 3.02. The molecule has 1 aromatic heterocycles. The number of rotatable bonds is 1. The van der Waals surface area contributed by atoms with Crippen LogP contribution >= 0.6 is 11.3 Å². The predicted octanol–water partition coefficient (Wildman–Crippen LogP) is 1.88. The van der Waals surface area contributed by atoms with Crippen LogP contribution in [0.15, 0.2) is 10.8 Å². The summed E-state index contributed by atoms with van der Waals surface area (Å²) >= 11 is 1.62. The maximum atomic E-state index is 12.4. The zero-order valence-electron chi connectivity index (χ0n) is 10.2. The standard InChI is InChI=1S/C13H18N2OS/c1-10-6-17-7-11(10)12(16)15-5-3-13(9-15)2-4-14-8-13/h6-7,14H,2-5,8-9H2,1H3. The second kappa shape index (κ2) is 4.10. The zero-order valence-corrected chi connectivity index (χ0v) is 11.0. The van der Waals surface area contributed by atoms with Gasteiger partial charge in [-0.3, -0.25) is 4.79 Å². The SMILES string of the molecule is Cc1cscc1C(=O)N1CCC2(CCNC2)C1. The maximum Gasteiger partial charge on any atom is 0.254 e. The van der Waals surface area contributed by atoms with E-state index in [1.54, 1.807) is 11.3 Å². The molecule has 92 valence electrons. The Morgan fingerprint density at radius 3 is 3.00 bits per heavy atom. The van der Waals surface area contributed by atoms with Gasteiger partial charge in [0.1, 0.15) is 0 Å². The number of thiophene rings is 1. The summed E-state index contributed by atoms with van der Waals surface area (Å²) < 4.78 is 0. The molecule has 0 saturated carbocycles. The van der Waals surface area contributed by atoms with Crippen LogP contribution < -0.4 is 5.32 Å². The van der Waals surface area contributed by atoms with Crippen LogP contribution in [0.1, 0.15) is 28.8 Å². The number of aryl methyl sites for hydroxylation is 1. The molecular weight excluding hydrogens is 232 g/mol. The molecule has 0 aromatic carbocycles. The van der Waals surface area contributed by atoms with Crippen molar-refractivity contribution in [1.82, 2.24) is 10.2 Å². The van der Waals surface area contributed by atoms with E-state index in [2.05, 4.69) is 10.7 Å². The van der Waals surface area contributed by atoms with Crippen LogP contribution in [0.5, 0.6) is 0 Å². The van der Waals surface area contributed by atoms with E-state index >= 15 is 0 Å². The van der Waals surface area contributed by atoms with Gasteiger partial charge < -0.3 is 10.2 Å². The Hall–Kier alpha value is -0.870. The number of hydrogen-bond acceptors (Lipinski definition) is 3. The van der Waals surface area contributed by atoms with E-state index in [0.717, 1.165) is 43.7 Å². The van der Waals surface area contributed by atoms with Gasteiger partial charge in [0.25, 0.3) is 5.91 Å². The molecule has 2 saturated heterocycles. The van der Waals surface area contributed by atoms with E-state index in [1.807, 2.05) is 17.2 Å². The van der Waals surface area contributed by atoms with Crippen molar-refractivity contribution in [1.29, 1.82) is 0 Å². The Bertz CT molecular complexity index is 434. The molecule has 0 aliphatic carbocycles. The van der Waals surface area contributed by atoms with Crippen molar-refractivity contribution < 1.29 is 4.79 Å². The summed E-state index contributed by atoms with van der Waals surface area (Å²) in [6.07, 6.45) is 2.38. The van der Waals surface area contributed by atoms with E-state index in [-0.39, 0.29) is 5.91 Å². The summed E-state index contributed by atoms with van der Waals surface area (Å²) in [7, 11) is 0. The molecular formula is C13H18N2OS. The minimum Gasteiger partial charge on any atom is -0.338 e. The normalized spacial score (nSPS) is 28.2. The first-order valence-electron chi connectivity index (χ1n) is 6.23. The number of carbonyl (C=O) groups is 1. The molecule has 3 rings (SSSR count). The zero-order chi connectivity index (χ0) is 11.9. The fourth-order valence-corrected chi connectivity index (χ4v) is 3.82. The van der Waals surface area contributed by atoms with Crippen molar-refractivity contribution in [3.8, 4) is 0 Å². The molecule has 17 heavy (non-hydrogen) atoms. The van der Waals surface area contributed by atoms with E-state index in [0.29, 0.717) is 5.41 Å². The number of nitrogens with one attached hydrogen (secondary N) is 1. The van der Waals surface area contributed by atoms with Gasteiger partial charge >= 0.3 is 0 Å². The monoisotopic (exact) mass is 250 g/mol. The molecule has 1 unspecified atom stereocenters. The van der Waals surface area contributed by atoms with Crippen molar-refractivity contribution >= 4 is 17.2 Å². The molecule has 1 amide bonds. The van der Waals surface area contributed by atoms with Crippen molar-refractivity contribution in [2.45, 2.75) is 19.8 Å². The lowest BCUT2D eigenvalue weighted by Crippen LogP contribution is -2.33. The number of amides is 1. The third-order valence-electron chi connectivity index (χ3n) is 4.14. The van der Waals surface area contributed by atoms with Crippen LogP contribution in [-0.4, -0.2) is 37.0 Å². The van der Waals surface area contributed by atoms with Crippen LogP contribution in [0.25, 0.3) is 0 Å². The smallest absolute Gasteiger partial charge is 0.254 e. The van der Waals surface area contributed by atoms with Crippen LogP contribution in [-0.2, 0) is 0 Å². The van der Waals surface area contributed by atoms with Crippen LogP contribution in [0, 0.1) is 12.3 Å². The number of carbonyl (C=O) groups excluding carboxylic acids is 1. The van der Waals surface area contributed by atoms with Crippen LogP contribution in [0.4, 0.5) is 0 Å². The largest absolute Gasteiger partial charge is 0.338 e. The Morgan fingerprint density at radius 1 is 1.47 bits per heavy atom. The molecule has 2 fully saturated rings. The Morgan fingerprint density at radius 2 is 2.35 bits per heavy atom. The first-order chi connectivity index (χ1) is 8.20. The molecule has 4 heteroatoms. The molecule has 0 bridgehead atoms. The first-order valence-corrected chi connectivity index (χ1v) is 7.17. The third-order valence-corrected chi connectivity index (χ3v) is 5.01. The van der Waals surface area contributed by atoms with E-state index < -0.39 is 0 Å². The lowest BCUT2D eigenvalue weighted by atomic mass is 9.86. The summed E-state index contributed by atoms with van der Waals surface area (Å²) in [5, 5.41) is 7.46. The highest BCUT2D eigenvalue weighted by molar-refractivity contribution is 7.08. The molecule has 2 aliphatic rings. The number of nitrogens with zero attached hydrogens (tertiary/aromatic N) is 1. The molecule has 2 aliphatic heterocycles. The van der Waals surface area contributed by atoms with E-state index in [4.69, 9.17) is 0 Å². The predicted molar refractivity (Wildman–Crippen MR) is 69.5 cm³/mol. The highest BCUT2D eigenvalue weighted by Crippen LogP contribution is 2.36. The fraction of sp³-hybridized carbons (Fsp3) is 0.615. The molecule has 1 aromatic rings. The minimum absolute atomic E-state index is 0.229. The number of likely N-dealkylation sites (tertiary alicyclic amines) is 1. The molecule has 3 nitrogen and oxygen atoms in total. The van der Waals surface area contributed by atoms with Crippen molar-refractivity contribution in [2.75, 3.05) is 26.2 Å².